The summed E-state index contributed by atoms with van der Waals surface area (Å²) in [5.41, 5.74) is 0.174. The molecule has 0 N–H and O–H groups in total. The Balaban J connectivity index is 2.20. The van der Waals surface area contributed by atoms with Crippen molar-refractivity contribution in [1.82, 2.24) is 9.97 Å². The van der Waals surface area contributed by atoms with E-state index in [0.29, 0.717) is 0 Å². The number of aromatic nitrogens is 2. The molecule has 9 heteroatoms. The van der Waals surface area contributed by atoms with E-state index in [9.17, 15) is 22.0 Å². The molecule has 0 aromatic carbocycles. The second-order valence-corrected chi connectivity index (χ2v) is 4.88. The van der Waals surface area contributed by atoms with Gasteiger partial charge in [0, 0.05) is 18.2 Å². The monoisotopic (exact) mass is 315 g/mol. The van der Waals surface area contributed by atoms with Gasteiger partial charge in [0.15, 0.2) is 12.3 Å². The zero-order valence-corrected chi connectivity index (χ0v) is 10.9. The molecule has 1 fully saturated rings. The molecule has 0 radical (unpaired) electrons. The summed E-state index contributed by atoms with van der Waals surface area (Å²) in [5, 5.41) is -0.173. The van der Waals surface area contributed by atoms with Gasteiger partial charge in [-0.15, -0.1) is 0 Å². The number of aryl methyl sites for hydroxylation is 1. The van der Waals surface area contributed by atoms with Gasteiger partial charge in [-0.25, -0.2) is 18.7 Å². The molecule has 0 saturated carbocycles. The van der Waals surface area contributed by atoms with Gasteiger partial charge in [0.1, 0.15) is 5.82 Å². The van der Waals surface area contributed by atoms with E-state index >= 15 is 0 Å². The Morgan fingerprint density at radius 2 is 1.85 bits per heavy atom. The number of hydrogen-bond donors (Lipinski definition) is 0. The zero-order chi connectivity index (χ0) is 14.9. The molecule has 1 aromatic rings. The van der Waals surface area contributed by atoms with Crippen LogP contribution in [-0.2, 0) is 6.42 Å². The normalized spacial score (nSPS) is 23.4. The summed E-state index contributed by atoms with van der Waals surface area (Å²) in [6.07, 6.45) is -7.95. The number of halogens is 6. The third kappa shape index (κ3) is 3.68. The fraction of sp³-hybridized carbons (Fsp3) is 0.636. The molecule has 2 rings (SSSR count). The molecule has 1 saturated heterocycles. The van der Waals surface area contributed by atoms with Crippen LogP contribution in [0.15, 0.2) is 6.20 Å². The molecule has 1 aliphatic heterocycles. The second kappa shape index (κ2) is 5.67. The van der Waals surface area contributed by atoms with E-state index in [4.69, 9.17) is 11.6 Å². The second-order valence-electron chi connectivity index (χ2n) is 4.54. The van der Waals surface area contributed by atoms with Crippen molar-refractivity contribution in [3.63, 3.8) is 0 Å². The molecule has 2 atom stereocenters. The number of hydrogen-bond acceptors (Lipinski definition) is 3. The van der Waals surface area contributed by atoms with Gasteiger partial charge in [0.25, 0.3) is 0 Å². The summed E-state index contributed by atoms with van der Waals surface area (Å²) < 4.78 is 63.1. The largest absolute Gasteiger partial charge is 0.389 e. The quantitative estimate of drug-likeness (QED) is 0.634. The average molecular weight is 316 g/mol. The van der Waals surface area contributed by atoms with Crippen molar-refractivity contribution in [3.8, 4) is 0 Å². The van der Waals surface area contributed by atoms with E-state index in [1.165, 1.54) is 4.90 Å². The van der Waals surface area contributed by atoms with Crippen LogP contribution in [0, 0.1) is 0 Å². The highest BCUT2D eigenvalue weighted by Gasteiger charge is 2.35. The van der Waals surface area contributed by atoms with Crippen LogP contribution < -0.4 is 4.90 Å². The van der Waals surface area contributed by atoms with Crippen LogP contribution in [0.3, 0.4) is 0 Å². The van der Waals surface area contributed by atoms with E-state index in [2.05, 4.69) is 9.97 Å². The SMILES string of the molecule is F[C@H]1CN(c2nc(Cl)ncc2CCC(F)(F)F)C[C@@H]1F. The molecule has 0 bridgehead atoms. The molecule has 20 heavy (non-hydrogen) atoms. The van der Waals surface area contributed by atoms with E-state index in [1.807, 2.05) is 0 Å². The highest BCUT2D eigenvalue weighted by atomic mass is 35.5. The first-order valence-electron chi connectivity index (χ1n) is 5.87. The first kappa shape index (κ1) is 15.2. The lowest BCUT2D eigenvalue weighted by Crippen LogP contribution is -2.24. The van der Waals surface area contributed by atoms with Gasteiger partial charge >= 0.3 is 6.18 Å². The van der Waals surface area contributed by atoms with Crippen LogP contribution >= 0.6 is 11.6 Å². The van der Waals surface area contributed by atoms with E-state index in [0.717, 1.165) is 6.20 Å². The van der Waals surface area contributed by atoms with Gasteiger partial charge < -0.3 is 4.90 Å². The molecule has 1 aromatic heterocycles. The molecular formula is C11H11ClF5N3. The van der Waals surface area contributed by atoms with Gasteiger partial charge in [-0.3, -0.25) is 0 Å². The molecule has 0 amide bonds. The maximum atomic E-state index is 13.2. The van der Waals surface area contributed by atoms with Crippen LogP contribution in [0.5, 0.6) is 0 Å². The molecule has 112 valence electrons. The van der Waals surface area contributed by atoms with Crippen LogP contribution in [0.25, 0.3) is 0 Å². The van der Waals surface area contributed by atoms with Crippen LogP contribution in [0.4, 0.5) is 27.8 Å². The highest BCUT2D eigenvalue weighted by Crippen LogP contribution is 2.29. The van der Waals surface area contributed by atoms with Crippen LogP contribution in [0.2, 0.25) is 5.28 Å². The first-order valence-corrected chi connectivity index (χ1v) is 6.25. The Kier molecular flexibility index (Phi) is 4.31. The Labute approximate surface area is 116 Å². The van der Waals surface area contributed by atoms with Crippen molar-refractivity contribution in [2.75, 3.05) is 18.0 Å². The summed E-state index contributed by atoms with van der Waals surface area (Å²) in [5.74, 6) is 0.0667. The Bertz CT molecular complexity index is 472. The number of rotatable bonds is 3. The zero-order valence-electron chi connectivity index (χ0n) is 10.2. The molecule has 0 unspecified atom stereocenters. The number of anilines is 1. The maximum absolute atomic E-state index is 13.2. The van der Waals surface area contributed by atoms with Crippen LogP contribution in [-0.4, -0.2) is 41.6 Å². The van der Waals surface area contributed by atoms with Crippen LogP contribution in [0.1, 0.15) is 12.0 Å². The lowest BCUT2D eigenvalue weighted by Gasteiger charge is -2.19. The average Bonchev–Trinajstić information content (AvgIpc) is 2.67. The minimum absolute atomic E-state index is 0.0667. The van der Waals surface area contributed by atoms with Gasteiger partial charge in [-0.1, -0.05) is 0 Å². The van der Waals surface area contributed by atoms with E-state index in [1.54, 1.807) is 0 Å². The molecule has 2 heterocycles. The Morgan fingerprint density at radius 3 is 2.40 bits per heavy atom. The highest BCUT2D eigenvalue weighted by molar-refractivity contribution is 6.28. The fourth-order valence-electron chi connectivity index (χ4n) is 2.00. The van der Waals surface area contributed by atoms with Crippen molar-refractivity contribution in [2.24, 2.45) is 0 Å². The predicted octanol–water partition coefficient (Wildman–Crippen LogP) is 3.12. The van der Waals surface area contributed by atoms with Crippen molar-refractivity contribution in [2.45, 2.75) is 31.4 Å². The van der Waals surface area contributed by atoms with Gasteiger partial charge in [0.2, 0.25) is 5.28 Å². The van der Waals surface area contributed by atoms with E-state index in [-0.39, 0.29) is 36.2 Å². The maximum Gasteiger partial charge on any atom is 0.389 e. The summed E-state index contributed by atoms with van der Waals surface area (Å²) >= 11 is 5.60. The number of alkyl halides is 5. The molecule has 0 spiro atoms. The van der Waals surface area contributed by atoms with Gasteiger partial charge in [0.05, 0.1) is 13.1 Å². The molecular weight excluding hydrogens is 305 g/mol. The topological polar surface area (TPSA) is 29.0 Å². The summed E-state index contributed by atoms with van der Waals surface area (Å²) in [7, 11) is 0. The Morgan fingerprint density at radius 1 is 1.25 bits per heavy atom. The van der Waals surface area contributed by atoms with Gasteiger partial charge in [-0.2, -0.15) is 13.2 Å². The molecule has 3 nitrogen and oxygen atoms in total. The fourth-order valence-corrected chi connectivity index (χ4v) is 2.13. The van der Waals surface area contributed by atoms with Crippen molar-refractivity contribution >= 4 is 17.4 Å². The summed E-state index contributed by atoms with van der Waals surface area (Å²) in [6.45, 7) is -0.513. The number of nitrogens with zero attached hydrogens (tertiary/aromatic N) is 3. The lowest BCUT2D eigenvalue weighted by molar-refractivity contribution is -0.133. The molecule has 1 aliphatic rings. The lowest BCUT2D eigenvalue weighted by atomic mass is 10.1. The minimum Gasteiger partial charge on any atom is -0.350 e. The minimum atomic E-state index is -4.33. The summed E-state index contributed by atoms with van der Waals surface area (Å²) in [6, 6.07) is 0. The van der Waals surface area contributed by atoms with Crippen molar-refractivity contribution in [1.29, 1.82) is 0 Å². The van der Waals surface area contributed by atoms with Crippen molar-refractivity contribution in [3.05, 3.63) is 17.0 Å². The Hall–Kier alpha value is -1.18. The third-order valence-electron chi connectivity index (χ3n) is 2.97. The standard InChI is InChI=1S/C11H11ClF5N3/c12-10-18-3-6(1-2-11(15,16)17)9(19-10)20-4-7(13)8(14)5-20/h3,7-8H,1-2,4-5H2/t7-,8-/m0/s1. The first-order chi connectivity index (χ1) is 9.26. The third-order valence-corrected chi connectivity index (χ3v) is 3.15. The van der Waals surface area contributed by atoms with E-state index < -0.39 is 24.9 Å². The molecule has 0 aliphatic carbocycles. The van der Waals surface area contributed by atoms with Gasteiger partial charge in [-0.05, 0) is 18.0 Å². The smallest absolute Gasteiger partial charge is 0.350 e. The van der Waals surface area contributed by atoms with Crippen molar-refractivity contribution < 1.29 is 22.0 Å². The summed E-state index contributed by atoms with van der Waals surface area (Å²) in [4.78, 5) is 8.69. The predicted molar refractivity (Wildman–Crippen MR) is 63.4 cm³/mol.